The molecule has 26 heavy (non-hydrogen) atoms. The number of para-hydroxylation sites is 1. The van der Waals surface area contributed by atoms with Gasteiger partial charge in [0.05, 0.1) is 0 Å². The van der Waals surface area contributed by atoms with E-state index >= 15 is 0 Å². The number of hydrogen-bond donors (Lipinski definition) is 0. The van der Waals surface area contributed by atoms with Crippen LogP contribution in [-0.2, 0) is 0 Å². The van der Waals surface area contributed by atoms with Crippen molar-refractivity contribution in [2.24, 2.45) is 0 Å². The van der Waals surface area contributed by atoms with Crippen molar-refractivity contribution in [3.05, 3.63) is 84.9 Å². The highest BCUT2D eigenvalue weighted by Gasteiger charge is 2.15. The zero-order chi connectivity index (χ0) is 17.1. The van der Waals surface area contributed by atoms with Crippen LogP contribution in [0.3, 0.4) is 0 Å². The molecule has 0 saturated heterocycles. The minimum atomic E-state index is 0.943. The summed E-state index contributed by atoms with van der Waals surface area (Å²) in [6, 6.07) is 29.9. The SMILES string of the molecule is c1ccc2c(c1)oc1cccc(-c3cccc4c3sc3ccccc34)c12. The van der Waals surface area contributed by atoms with Crippen molar-refractivity contribution in [2.45, 2.75) is 0 Å². The van der Waals surface area contributed by atoms with E-state index in [0.717, 1.165) is 11.2 Å². The molecule has 0 fully saturated rings. The predicted molar refractivity (Wildman–Crippen MR) is 112 cm³/mol. The highest BCUT2D eigenvalue weighted by Crippen LogP contribution is 2.43. The van der Waals surface area contributed by atoms with Crippen molar-refractivity contribution < 1.29 is 4.42 Å². The van der Waals surface area contributed by atoms with Gasteiger partial charge in [-0.1, -0.05) is 66.7 Å². The molecule has 0 atom stereocenters. The lowest BCUT2D eigenvalue weighted by atomic mass is 9.98. The van der Waals surface area contributed by atoms with Crippen LogP contribution in [0, 0.1) is 0 Å². The molecule has 0 unspecified atom stereocenters. The summed E-state index contributed by atoms with van der Waals surface area (Å²) < 4.78 is 8.76. The molecule has 0 spiro atoms. The molecule has 6 rings (SSSR count). The van der Waals surface area contributed by atoms with Crippen molar-refractivity contribution in [1.82, 2.24) is 0 Å². The Morgan fingerprint density at radius 2 is 1.23 bits per heavy atom. The summed E-state index contributed by atoms with van der Waals surface area (Å²) in [5.74, 6) is 0. The van der Waals surface area contributed by atoms with Crippen LogP contribution in [0.2, 0.25) is 0 Å². The summed E-state index contributed by atoms with van der Waals surface area (Å²) >= 11 is 1.87. The molecule has 0 amide bonds. The van der Waals surface area contributed by atoms with Gasteiger partial charge in [0, 0.05) is 36.5 Å². The second kappa shape index (κ2) is 5.20. The molecular weight excluding hydrogens is 336 g/mol. The summed E-state index contributed by atoms with van der Waals surface area (Å²) in [6.07, 6.45) is 0. The Morgan fingerprint density at radius 3 is 2.19 bits per heavy atom. The van der Waals surface area contributed by atoms with Gasteiger partial charge in [0.25, 0.3) is 0 Å². The number of rotatable bonds is 1. The largest absolute Gasteiger partial charge is 0.456 e. The maximum Gasteiger partial charge on any atom is 0.136 e. The van der Waals surface area contributed by atoms with Gasteiger partial charge in [-0.15, -0.1) is 11.3 Å². The minimum absolute atomic E-state index is 0.943. The summed E-state index contributed by atoms with van der Waals surface area (Å²) in [6.45, 7) is 0. The van der Waals surface area contributed by atoms with Gasteiger partial charge >= 0.3 is 0 Å². The van der Waals surface area contributed by atoms with E-state index in [-0.39, 0.29) is 0 Å². The lowest BCUT2D eigenvalue weighted by molar-refractivity contribution is 0.669. The van der Waals surface area contributed by atoms with E-state index in [9.17, 15) is 0 Å². The quantitative estimate of drug-likeness (QED) is 0.297. The summed E-state index contributed by atoms with van der Waals surface area (Å²) in [5.41, 5.74) is 4.41. The van der Waals surface area contributed by atoms with Crippen molar-refractivity contribution in [3.8, 4) is 11.1 Å². The third-order valence-electron chi connectivity index (χ3n) is 5.10. The molecule has 2 heteroatoms. The van der Waals surface area contributed by atoms with Gasteiger partial charge in [0.15, 0.2) is 0 Å². The molecule has 0 bridgehead atoms. The Morgan fingerprint density at radius 1 is 0.538 bits per heavy atom. The Bertz CT molecular complexity index is 1430. The van der Waals surface area contributed by atoms with Crippen LogP contribution < -0.4 is 0 Å². The average Bonchev–Trinajstić information content (AvgIpc) is 3.26. The molecule has 0 aliphatic rings. The smallest absolute Gasteiger partial charge is 0.136 e. The number of fused-ring (bicyclic) bond motifs is 6. The Kier molecular flexibility index (Phi) is 2.82. The van der Waals surface area contributed by atoms with Crippen LogP contribution in [0.1, 0.15) is 0 Å². The number of thiophene rings is 1. The third-order valence-corrected chi connectivity index (χ3v) is 6.32. The average molecular weight is 350 g/mol. The van der Waals surface area contributed by atoms with E-state index in [1.807, 2.05) is 23.5 Å². The van der Waals surface area contributed by atoms with E-state index < -0.39 is 0 Å². The highest BCUT2D eigenvalue weighted by molar-refractivity contribution is 7.26. The van der Waals surface area contributed by atoms with Gasteiger partial charge < -0.3 is 4.42 Å². The van der Waals surface area contributed by atoms with Gasteiger partial charge in [-0.25, -0.2) is 0 Å². The van der Waals surface area contributed by atoms with E-state index in [1.54, 1.807) is 0 Å². The zero-order valence-corrected chi connectivity index (χ0v) is 14.7. The Hall–Kier alpha value is -3.10. The van der Waals surface area contributed by atoms with Crippen LogP contribution in [0.15, 0.2) is 89.3 Å². The fourth-order valence-electron chi connectivity index (χ4n) is 3.96. The monoisotopic (exact) mass is 350 g/mol. The molecule has 0 N–H and O–H groups in total. The molecule has 4 aromatic carbocycles. The van der Waals surface area contributed by atoms with Crippen molar-refractivity contribution in [1.29, 1.82) is 0 Å². The maximum absolute atomic E-state index is 6.09. The molecule has 2 aromatic heterocycles. The fourth-order valence-corrected chi connectivity index (χ4v) is 5.19. The molecular formula is C24H14OS. The first-order chi connectivity index (χ1) is 12.9. The molecule has 0 aliphatic heterocycles. The summed E-state index contributed by atoms with van der Waals surface area (Å²) in [7, 11) is 0. The molecule has 0 radical (unpaired) electrons. The van der Waals surface area contributed by atoms with Gasteiger partial charge in [-0.05, 0) is 23.8 Å². The van der Waals surface area contributed by atoms with Crippen molar-refractivity contribution in [3.63, 3.8) is 0 Å². The molecule has 1 nitrogen and oxygen atoms in total. The Labute approximate surface area is 154 Å². The molecule has 122 valence electrons. The van der Waals surface area contributed by atoms with E-state index in [0.29, 0.717) is 0 Å². The van der Waals surface area contributed by atoms with Crippen LogP contribution in [-0.4, -0.2) is 0 Å². The van der Waals surface area contributed by atoms with Gasteiger partial charge in [0.1, 0.15) is 11.2 Å². The lowest BCUT2D eigenvalue weighted by Gasteiger charge is -2.05. The van der Waals surface area contributed by atoms with Crippen LogP contribution in [0.5, 0.6) is 0 Å². The normalized spacial score (nSPS) is 11.8. The summed E-state index contributed by atoms with van der Waals surface area (Å²) in [5, 5.41) is 5.04. The maximum atomic E-state index is 6.09. The molecule has 0 aliphatic carbocycles. The number of furan rings is 1. The lowest BCUT2D eigenvalue weighted by Crippen LogP contribution is -1.80. The molecule has 6 aromatic rings. The second-order valence-corrected chi connectivity index (χ2v) is 7.61. The van der Waals surface area contributed by atoms with Gasteiger partial charge in [-0.3, -0.25) is 0 Å². The van der Waals surface area contributed by atoms with Gasteiger partial charge in [-0.2, -0.15) is 0 Å². The Balaban J connectivity index is 1.79. The highest BCUT2D eigenvalue weighted by atomic mass is 32.1. The first-order valence-corrected chi connectivity index (χ1v) is 9.53. The van der Waals surface area contributed by atoms with E-state index in [4.69, 9.17) is 4.42 Å². The molecule has 2 heterocycles. The standard InChI is InChI=1S/C24H14OS/c1-3-12-20-19(8-1)23-16(9-6-13-21(23)25-20)18-11-5-10-17-15-7-2-4-14-22(15)26-24(17)18/h1-14H. The van der Waals surface area contributed by atoms with E-state index in [2.05, 4.69) is 72.8 Å². The number of hydrogen-bond acceptors (Lipinski definition) is 2. The zero-order valence-electron chi connectivity index (χ0n) is 13.9. The van der Waals surface area contributed by atoms with Crippen LogP contribution in [0.25, 0.3) is 53.2 Å². The van der Waals surface area contributed by atoms with Gasteiger partial charge in [0.2, 0.25) is 0 Å². The third kappa shape index (κ3) is 1.85. The first-order valence-electron chi connectivity index (χ1n) is 8.71. The topological polar surface area (TPSA) is 13.1 Å². The summed E-state index contributed by atoms with van der Waals surface area (Å²) in [4.78, 5) is 0. The predicted octanol–water partition coefficient (Wildman–Crippen LogP) is 7.62. The number of benzene rings is 4. The molecule has 0 saturated carbocycles. The fraction of sp³-hybridized carbons (Fsp3) is 0. The van der Waals surface area contributed by atoms with Crippen molar-refractivity contribution in [2.75, 3.05) is 0 Å². The second-order valence-electron chi connectivity index (χ2n) is 6.56. The first kappa shape index (κ1) is 14.1. The van der Waals surface area contributed by atoms with E-state index in [1.165, 1.54) is 42.1 Å². The van der Waals surface area contributed by atoms with Crippen molar-refractivity contribution >= 4 is 53.4 Å². The van der Waals surface area contributed by atoms with Crippen LogP contribution in [0.4, 0.5) is 0 Å². The van der Waals surface area contributed by atoms with Crippen LogP contribution >= 0.6 is 11.3 Å². The minimum Gasteiger partial charge on any atom is -0.456 e.